The molecule has 4 rings (SSSR count). The van der Waals surface area contributed by atoms with Gasteiger partial charge in [0.1, 0.15) is 23.5 Å². The van der Waals surface area contributed by atoms with Crippen LogP contribution in [-0.2, 0) is 14.9 Å². The first kappa shape index (κ1) is 20.8. The molecule has 2 aliphatic rings. The summed E-state index contributed by atoms with van der Waals surface area (Å²) in [5.41, 5.74) is 2.72. The van der Waals surface area contributed by atoms with Crippen LogP contribution in [0.25, 0.3) is 12.2 Å². The lowest BCUT2D eigenvalue weighted by Crippen LogP contribution is -2.34. The Kier molecular flexibility index (Phi) is 6.09. The lowest BCUT2D eigenvalue weighted by atomic mass is 9.72. The van der Waals surface area contributed by atoms with Gasteiger partial charge < -0.3 is 23.7 Å². The minimum absolute atomic E-state index is 0.0128. The van der Waals surface area contributed by atoms with Gasteiger partial charge in [-0.05, 0) is 56.5 Å². The van der Waals surface area contributed by atoms with E-state index in [9.17, 15) is 4.79 Å². The summed E-state index contributed by atoms with van der Waals surface area (Å²) in [5.74, 6) is 1.46. The number of aliphatic hydroxyl groups is 1. The van der Waals surface area contributed by atoms with Gasteiger partial charge in [-0.2, -0.15) is 0 Å². The zero-order valence-electron chi connectivity index (χ0n) is 17.5. The monoisotopic (exact) mass is 412 g/mol. The molecular formula is C24H28O6. The van der Waals surface area contributed by atoms with Crippen LogP contribution >= 0.6 is 0 Å². The maximum atomic E-state index is 13.3. The number of benzene rings is 1. The molecule has 2 aliphatic carbocycles. The molecule has 1 aromatic heterocycles. The summed E-state index contributed by atoms with van der Waals surface area (Å²) in [5, 5.41) is 9.60. The van der Waals surface area contributed by atoms with E-state index in [2.05, 4.69) is 26.0 Å². The van der Waals surface area contributed by atoms with Gasteiger partial charge in [0.2, 0.25) is 0 Å². The molecule has 0 spiro atoms. The highest BCUT2D eigenvalue weighted by atomic mass is 16.5. The van der Waals surface area contributed by atoms with Crippen LogP contribution in [0, 0.1) is 0 Å². The van der Waals surface area contributed by atoms with Gasteiger partial charge in [0.05, 0.1) is 38.6 Å². The minimum Gasteiger partial charge on any atom is -0.491 e. The number of carbonyl (C=O) groups is 1. The zero-order chi connectivity index (χ0) is 21.1. The van der Waals surface area contributed by atoms with Crippen molar-refractivity contribution in [3.63, 3.8) is 0 Å². The van der Waals surface area contributed by atoms with Gasteiger partial charge in [0, 0.05) is 16.2 Å². The fraction of sp³-hybridized carbons (Fsp3) is 0.458. The number of furan rings is 1. The van der Waals surface area contributed by atoms with Gasteiger partial charge in [0.15, 0.2) is 5.78 Å². The van der Waals surface area contributed by atoms with Crippen LogP contribution in [0.2, 0.25) is 0 Å². The first-order chi connectivity index (χ1) is 14.5. The number of hydrogen-bond acceptors (Lipinski definition) is 6. The predicted octanol–water partition coefficient (Wildman–Crippen LogP) is 1.91. The molecule has 6 nitrogen and oxygen atoms in total. The van der Waals surface area contributed by atoms with Crippen molar-refractivity contribution in [2.45, 2.75) is 32.1 Å². The Bertz CT molecular complexity index is 1050. The zero-order valence-corrected chi connectivity index (χ0v) is 17.5. The average Bonchev–Trinajstić information content (AvgIpc) is 3.15. The Morgan fingerprint density at radius 2 is 1.77 bits per heavy atom. The second-order valence-corrected chi connectivity index (χ2v) is 8.03. The van der Waals surface area contributed by atoms with Gasteiger partial charge in [-0.3, -0.25) is 4.79 Å². The van der Waals surface area contributed by atoms with Crippen molar-refractivity contribution in [2.24, 2.45) is 0 Å². The van der Waals surface area contributed by atoms with Crippen molar-refractivity contribution in [2.75, 3.05) is 39.6 Å². The van der Waals surface area contributed by atoms with Crippen molar-refractivity contribution >= 4 is 17.9 Å². The van der Waals surface area contributed by atoms with E-state index in [0.717, 1.165) is 34.8 Å². The first-order valence-electron chi connectivity index (χ1n) is 10.5. The second-order valence-electron chi connectivity index (χ2n) is 8.03. The molecule has 1 aromatic carbocycles. The molecule has 2 aromatic rings. The van der Waals surface area contributed by atoms with Gasteiger partial charge in [-0.1, -0.05) is 6.08 Å². The largest absolute Gasteiger partial charge is 0.491 e. The Hall–Kier alpha value is -2.41. The second kappa shape index (κ2) is 8.76. The summed E-state index contributed by atoms with van der Waals surface area (Å²) in [6, 6.07) is 5.63. The van der Waals surface area contributed by atoms with Crippen molar-refractivity contribution in [3.8, 4) is 5.75 Å². The molecule has 0 aliphatic heterocycles. The lowest BCUT2D eigenvalue weighted by Gasteiger charge is -2.30. The van der Waals surface area contributed by atoms with Crippen LogP contribution in [-0.4, -0.2) is 50.5 Å². The number of ether oxygens (including phenoxy) is 3. The molecule has 6 heteroatoms. The van der Waals surface area contributed by atoms with Crippen molar-refractivity contribution in [1.82, 2.24) is 0 Å². The SMILES string of the molecule is CC1(C)c2cc(OCCOCCOCCO)ccc2C(=O)c2c1oc1c2=CCCC=1. The molecule has 160 valence electrons. The van der Waals surface area contributed by atoms with Crippen molar-refractivity contribution < 1.29 is 28.5 Å². The molecule has 0 atom stereocenters. The highest BCUT2D eigenvalue weighted by molar-refractivity contribution is 6.13. The third-order valence-corrected chi connectivity index (χ3v) is 5.63. The summed E-state index contributed by atoms with van der Waals surface area (Å²) < 4.78 is 22.6. The molecule has 30 heavy (non-hydrogen) atoms. The number of aliphatic hydroxyl groups excluding tert-OH is 1. The molecule has 0 saturated heterocycles. The van der Waals surface area contributed by atoms with Crippen molar-refractivity contribution in [3.05, 3.63) is 51.3 Å². The van der Waals surface area contributed by atoms with E-state index in [1.54, 1.807) is 0 Å². The van der Waals surface area contributed by atoms with Crippen molar-refractivity contribution in [1.29, 1.82) is 0 Å². The van der Waals surface area contributed by atoms with Crippen LogP contribution in [0.1, 0.15) is 53.9 Å². The van der Waals surface area contributed by atoms with E-state index in [0.29, 0.717) is 49.9 Å². The average molecular weight is 412 g/mol. The molecule has 1 N–H and O–H groups in total. The quantitative estimate of drug-likeness (QED) is 0.634. The Labute approximate surface area is 175 Å². The van der Waals surface area contributed by atoms with Crippen LogP contribution in [0.5, 0.6) is 5.75 Å². The fourth-order valence-electron chi connectivity index (χ4n) is 4.11. The molecule has 0 fully saturated rings. The minimum atomic E-state index is -0.433. The Morgan fingerprint density at radius 1 is 1.03 bits per heavy atom. The van der Waals surface area contributed by atoms with E-state index in [-0.39, 0.29) is 12.4 Å². The summed E-state index contributed by atoms with van der Waals surface area (Å²) in [6.07, 6.45) is 6.06. The van der Waals surface area contributed by atoms with E-state index < -0.39 is 5.41 Å². The maximum Gasteiger partial charge on any atom is 0.197 e. The predicted molar refractivity (Wildman–Crippen MR) is 112 cm³/mol. The topological polar surface area (TPSA) is 78.1 Å². The van der Waals surface area contributed by atoms with E-state index in [1.165, 1.54) is 0 Å². The lowest BCUT2D eigenvalue weighted by molar-refractivity contribution is 0.0247. The third-order valence-electron chi connectivity index (χ3n) is 5.63. The number of fused-ring (bicyclic) bond motifs is 4. The Morgan fingerprint density at radius 3 is 2.57 bits per heavy atom. The molecular weight excluding hydrogens is 384 g/mol. The molecule has 0 unspecified atom stereocenters. The molecule has 0 amide bonds. The normalized spacial score (nSPS) is 16.2. The van der Waals surface area contributed by atoms with E-state index >= 15 is 0 Å². The third kappa shape index (κ3) is 3.83. The van der Waals surface area contributed by atoms with E-state index in [4.69, 9.17) is 23.7 Å². The maximum absolute atomic E-state index is 13.3. The van der Waals surface area contributed by atoms with Gasteiger partial charge >= 0.3 is 0 Å². The standard InChI is InChI=1S/C24H28O6/c1-24(2)19-15-16(29-14-13-28-12-11-27-10-9-25)7-8-17(19)22(26)21-18-5-3-4-6-20(18)30-23(21)24/h5-8,15,25H,3-4,9-14H2,1-2H3. The smallest absolute Gasteiger partial charge is 0.197 e. The Balaban J connectivity index is 1.48. The number of rotatable bonds is 9. The number of hydrogen-bond donors (Lipinski definition) is 1. The molecule has 0 bridgehead atoms. The van der Waals surface area contributed by atoms with Gasteiger partial charge in [0.25, 0.3) is 0 Å². The van der Waals surface area contributed by atoms with Gasteiger partial charge in [-0.25, -0.2) is 0 Å². The highest BCUT2D eigenvalue weighted by Gasteiger charge is 2.41. The summed E-state index contributed by atoms with van der Waals surface area (Å²) >= 11 is 0. The van der Waals surface area contributed by atoms with E-state index in [1.807, 2.05) is 18.2 Å². The summed E-state index contributed by atoms with van der Waals surface area (Å²) in [4.78, 5) is 13.3. The van der Waals surface area contributed by atoms with Gasteiger partial charge in [-0.15, -0.1) is 0 Å². The van der Waals surface area contributed by atoms with Crippen LogP contribution in [0.3, 0.4) is 0 Å². The molecule has 0 saturated carbocycles. The molecule has 1 heterocycles. The fourth-order valence-corrected chi connectivity index (χ4v) is 4.11. The highest BCUT2D eigenvalue weighted by Crippen LogP contribution is 2.41. The molecule has 0 radical (unpaired) electrons. The summed E-state index contributed by atoms with van der Waals surface area (Å²) in [7, 11) is 0. The van der Waals surface area contributed by atoms with Crippen LogP contribution in [0.4, 0.5) is 0 Å². The van der Waals surface area contributed by atoms with Crippen LogP contribution in [0.15, 0.2) is 22.6 Å². The number of carbonyl (C=O) groups excluding carboxylic acids is 1. The van der Waals surface area contributed by atoms with Crippen LogP contribution < -0.4 is 15.4 Å². The first-order valence-corrected chi connectivity index (χ1v) is 10.5. The summed E-state index contributed by atoms with van der Waals surface area (Å²) in [6.45, 7) is 6.24. The number of ketones is 1.